The first kappa shape index (κ1) is 10.4. The molecule has 2 aliphatic rings. The topological polar surface area (TPSA) is 35.5 Å². The van der Waals surface area contributed by atoms with Crippen LogP contribution in [0, 0.1) is 0 Å². The molecule has 0 aromatic rings. The highest BCUT2D eigenvalue weighted by Gasteiger charge is 2.39. The molecule has 82 valence electrons. The van der Waals surface area contributed by atoms with Gasteiger partial charge in [-0.3, -0.25) is 4.90 Å². The van der Waals surface area contributed by atoms with Crippen molar-refractivity contribution in [1.29, 1.82) is 0 Å². The maximum Gasteiger partial charge on any atom is 0.0870 e. The van der Waals surface area contributed by atoms with E-state index >= 15 is 0 Å². The molecule has 1 heterocycles. The monoisotopic (exact) mass is 198 g/mol. The van der Waals surface area contributed by atoms with E-state index in [1.807, 2.05) is 6.92 Å². The summed E-state index contributed by atoms with van der Waals surface area (Å²) in [4.78, 5) is 2.44. The molecule has 0 aromatic heterocycles. The van der Waals surface area contributed by atoms with Crippen LogP contribution >= 0.6 is 0 Å². The first-order chi connectivity index (χ1) is 6.38. The molecule has 1 saturated heterocycles. The molecule has 1 unspecified atom stereocenters. The minimum atomic E-state index is -0.573. The average molecular weight is 198 g/mol. The van der Waals surface area contributed by atoms with Crippen LogP contribution in [0.25, 0.3) is 0 Å². The van der Waals surface area contributed by atoms with Crippen LogP contribution in [0.1, 0.15) is 33.6 Å². The van der Waals surface area contributed by atoms with E-state index in [1.54, 1.807) is 0 Å². The second kappa shape index (κ2) is 3.19. The van der Waals surface area contributed by atoms with Gasteiger partial charge in [0, 0.05) is 31.2 Å². The highest BCUT2D eigenvalue weighted by atomic mass is 16.3. The van der Waals surface area contributed by atoms with Crippen LogP contribution in [-0.2, 0) is 0 Å². The quantitative estimate of drug-likeness (QED) is 0.647. The van der Waals surface area contributed by atoms with Gasteiger partial charge in [-0.15, -0.1) is 0 Å². The van der Waals surface area contributed by atoms with E-state index in [-0.39, 0.29) is 5.54 Å². The molecule has 0 aromatic carbocycles. The van der Waals surface area contributed by atoms with Crippen LogP contribution in [0.5, 0.6) is 0 Å². The third-order valence-electron chi connectivity index (χ3n) is 3.15. The second-order valence-electron chi connectivity index (χ2n) is 5.87. The SMILES string of the molecule is CC1(O)CNC(C)(C)CN(C2CC2)C1. The van der Waals surface area contributed by atoms with Gasteiger partial charge in [0.1, 0.15) is 0 Å². The van der Waals surface area contributed by atoms with Gasteiger partial charge in [-0.2, -0.15) is 0 Å². The predicted octanol–water partition coefficient (Wildman–Crippen LogP) is 0.584. The third kappa shape index (κ3) is 2.47. The van der Waals surface area contributed by atoms with E-state index in [0.29, 0.717) is 6.54 Å². The zero-order chi connectivity index (χ0) is 10.4. The molecule has 14 heavy (non-hydrogen) atoms. The molecule has 1 saturated carbocycles. The van der Waals surface area contributed by atoms with Crippen molar-refractivity contribution in [3.05, 3.63) is 0 Å². The minimum absolute atomic E-state index is 0.128. The normalized spacial score (nSPS) is 39.4. The molecule has 0 radical (unpaired) electrons. The summed E-state index contributed by atoms with van der Waals surface area (Å²) in [6, 6.07) is 0.737. The molecule has 1 atom stereocenters. The molecule has 0 spiro atoms. The Morgan fingerprint density at radius 1 is 1.21 bits per heavy atom. The number of nitrogens with zero attached hydrogens (tertiary/aromatic N) is 1. The van der Waals surface area contributed by atoms with Crippen molar-refractivity contribution in [1.82, 2.24) is 10.2 Å². The Morgan fingerprint density at radius 2 is 1.86 bits per heavy atom. The van der Waals surface area contributed by atoms with E-state index in [9.17, 15) is 5.11 Å². The lowest BCUT2D eigenvalue weighted by molar-refractivity contribution is 0.0319. The summed E-state index contributed by atoms with van der Waals surface area (Å²) in [5.74, 6) is 0. The Hall–Kier alpha value is -0.120. The third-order valence-corrected chi connectivity index (χ3v) is 3.15. The van der Waals surface area contributed by atoms with Crippen molar-refractivity contribution in [2.75, 3.05) is 19.6 Å². The van der Waals surface area contributed by atoms with Gasteiger partial charge in [-0.05, 0) is 33.6 Å². The lowest BCUT2D eigenvalue weighted by Gasteiger charge is -2.30. The lowest BCUT2D eigenvalue weighted by atomic mass is 10.1. The molecule has 2 N–H and O–H groups in total. The maximum absolute atomic E-state index is 10.1. The predicted molar refractivity (Wildman–Crippen MR) is 57.3 cm³/mol. The Kier molecular flexibility index (Phi) is 2.37. The Labute approximate surface area is 86.5 Å². The fourth-order valence-electron chi connectivity index (χ4n) is 2.24. The Morgan fingerprint density at radius 3 is 2.43 bits per heavy atom. The Bertz CT molecular complexity index is 203. The average Bonchev–Trinajstić information content (AvgIpc) is 2.79. The zero-order valence-electron chi connectivity index (χ0n) is 9.51. The molecule has 0 amide bonds. The summed E-state index contributed by atoms with van der Waals surface area (Å²) in [5, 5.41) is 13.6. The lowest BCUT2D eigenvalue weighted by Crippen LogP contribution is -2.47. The smallest absolute Gasteiger partial charge is 0.0870 e. The molecule has 2 fully saturated rings. The van der Waals surface area contributed by atoms with Gasteiger partial charge in [-0.1, -0.05) is 0 Å². The van der Waals surface area contributed by atoms with Gasteiger partial charge in [-0.25, -0.2) is 0 Å². The van der Waals surface area contributed by atoms with Crippen molar-refractivity contribution < 1.29 is 5.11 Å². The van der Waals surface area contributed by atoms with Crippen LogP contribution in [0.3, 0.4) is 0 Å². The summed E-state index contributed by atoms with van der Waals surface area (Å²) in [6.07, 6.45) is 2.62. The van der Waals surface area contributed by atoms with Crippen LogP contribution in [0.2, 0.25) is 0 Å². The molecular formula is C11H22N2O. The van der Waals surface area contributed by atoms with Gasteiger partial charge < -0.3 is 10.4 Å². The van der Waals surface area contributed by atoms with Gasteiger partial charge in [0.25, 0.3) is 0 Å². The second-order valence-corrected chi connectivity index (χ2v) is 5.87. The van der Waals surface area contributed by atoms with Gasteiger partial charge in [0.05, 0.1) is 5.60 Å². The molecule has 1 aliphatic heterocycles. The number of nitrogens with one attached hydrogen (secondary N) is 1. The van der Waals surface area contributed by atoms with E-state index in [2.05, 4.69) is 24.1 Å². The van der Waals surface area contributed by atoms with Gasteiger partial charge >= 0.3 is 0 Å². The van der Waals surface area contributed by atoms with E-state index in [4.69, 9.17) is 0 Å². The largest absolute Gasteiger partial charge is 0.388 e. The van der Waals surface area contributed by atoms with Crippen molar-refractivity contribution >= 4 is 0 Å². The van der Waals surface area contributed by atoms with Crippen LogP contribution < -0.4 is 5.32 Å². The van der Waals surface area contributed by atoms with E-state index < -0.39 is 5.60 Å². The summed E-state index contributed by atoms with van der Waals surface area (Å²) < 4.78 is 0. The van der Waals surface area contributed by atoms with Gasteiger partial charge in [0.2, 0.25) is 0 Å². The minimum Gasteiger partial charge on any atom is -0.388 e. The highest BCUT2D eigenvalue weighted by molar-refractivity contribution is 4.98. The van der Waals surface area contributed by atoms with Crippen molar-refractivity contribution in [3.8, 4) is 0 Å². The van der Waals surface area contributed by atoms with E-state index in [0.717, 1.165) is 19.1 Å². The number of β-amino-alcohol motifs (C(OH)–C–C–N with tert-alkyl or cyclic N) is 1. The van der Waals surface area contributed by atoms with Crippen LogP contribution in [0.15, 0.2) is 0 Å². The van der Waals surface area contributed by atoms with Crippen molar-refractivity contribution in [3.63, 3.8) is 0 Å². The Balaban J connectivity index is 2.08. The number of aliphatic hydroxyl groups is 1. The van der Waals surface area contributed by atoms with Crippen LogP contribution in [-0.4, -0.2) is 46.8 Å². The molecule has 3 heteroatoms. The summed E-state index contributed by atoms with van der Waals surface area (Å²) in [6.45, 7) is 8.91. The fourth-order valence-corrected chi connectivity index (χ4v) is 2.24. The van der Waals surface area contributed by atoms with E-state index in [1.165, 1.54) is 12.8 Å². The number of hydrogen-bond acceptors (Lipinski definition) is 3. The van der Waals surface area contributed by atoms with Crippen molar-refractivity contribution in [2.24, 2.45) is 0 Å². The summed E-state index contributed by atoms with van der Waals surface area (Å²) >= 11 is 0. The van der Waals surface area contributed by atoms with Gasteiger partial charge in [0.15, 0.2) is 0 Å². The molecular weight excluding hydrogens is 176 g/mol. The highest BCUT2D eigenvalue weighted by Crippen LogP contribution is 2.30. The summed E-state index contributed by atoms with van der Waals surface area (Å²) in [7, 11) is 0. The number of hydrogen-bond donors (Lipinski definition) is 2. The first-order valence-corrected chi connectivity index (χ1v) is 5.59. The molecule has 1 aliphatic carbocycles. The number of rotatable bonds is 1. The standard InChI is InChI=1S/C11H22N2O/c1-10(2)7-13(9-4-5-9)8-11(3,14)6-12-10/h9,12,14H,4-8H2,1-3H3. The zero-order valence-corrected chi connectivity index (χ0v) is 9.51. The van der Waals surface area contributed by atoms with Crippen LogP contribution in [0.4, 0.5) is 0 Å². The fraction of sp³-hybridized carbons (Fsp3) is 1.00. The first-order valence-electron chi connectivity index (χ1n) is 5.59. The summed E-state index contributed by atoms with van der Waals surface area (Å²) in [5.41, 5.74) is -0.445. The molecule has 2 rings (SSSR count). The van der Waals surface area contributed by atoms with Crippen molar-refractivity contribution in [2.45, 2.75) is 50.8 Å². The molecule has 0 bridgehead atoms. The maximum atomic E-state index is 10.1. The molecule has 3 nitrogen and oxygen atoms in total.